The average Bonchev–Trinajstić information content (AvgIpc) is 2.87. The summed E-state index contributed by atoms with van der Waals surface area (Å²) in [5.74, 6) is -0.226. The first-order chi connectivity index (χ1) is 9.22. The SMILES string of the molecule is COCCn1cccc1C(=O)Nc1cccnc1Cl. The molecule has 0 bridgehead atoms. The minimum Gasteiger partial charge on any atom is -0.383 e. The minimum absolute atomic E-state index is 0.226. The molecule has 1 amide bonds. The van der Waals surface area contributed by atoms with E-state index in [4.69, 9.17) is 16.3 Å². The van der Waals surface area contributed by atoms with Crippen molar-refractivity contribution in [1.29, 1.82) is 0 Å². The smallest absolute Gasteiger partial charge is 0.272 e. The van der Waals surface area contributed by atoms with Crippen LogP contribution in [0.5, 0.6) is 0 Å². The van der Waals surface area contributed by atoms with Gasteiger partial charge >= 0.3 is 0 Å². The van der Waals surface area contributed by atoms with Crippen LogP contribution in [0.3, 0.4) is 0 Å². The van der Waals surface area contributed by atoms with Gasteiger partial charge in [-0.15, -0.1) is 0 Å². The lowest BCUT2D eigenvalue weighted by molar-refractivity contribution is 0.101. The van der Waals surface area contributed by atoms with E-state index < -0.39 is 0 Å². The molecular weight excluding hydrogens is 266 g/mol. The van der Waals surface area contributed by atoms with Crippen molar-refractivity contribution in [2.75, 3.05) is 19.0 Å². The number of amides is 1. The maximum Gasteiger partial charge on any atom is 0.272 e. The number of aromatic nitrogens is 2. The van der Waals surface area contributed by atoms with Gasteiger partial charge in [-0.1, -0.05) is 11.6 Å². The highest BCUT2D eigenvalue weighted by Gasteiger charge is 2.12. The molecule has 0 aromatic carbocycles. The Balaban J connectivity index is 2.12. The predicted octanol–water partition coefficient (Wildman–Crippen LogP) is 2.44. The van der Waals surface area contributed by atoms with E-state index >= 15 is 0 Å². The Bertz CT molecular complexity index is 569. The van der Waals surface area contributed by atoms with Crippen LogP contribution in [0.2, 0.25) is 5.15 Å². The number of anilines is 1. The number of nitrogens with zero attached hydrogens (tertiary/aromatic N) is 2. The average molecular weight is 280 g/mol. The first-order valence-electron chi connectivity index (χ1n) is 5.78. The third-order valence-corrected chi connectivity index (χ3v) is 2.91. The molecular formula is C13H14ClN3O2. The number of methoxy groups -OCH3 is 1. The summed E-state index contributed by atoms with van der Waals surface area (Å²) in [4.78, 5) is 16.1. The molecule has 1 N–H and O–H groups in total. The number of halogens is 1. The molecule has 0 unspecified atom stereocenters. The summed E-state index contributed by atoms with van der Waals surface area (Å²) in [6.45, 7) is 1.16. The first kappa shape index (κ1) is 13.6. The molecule has 0 spiro atoms. The van der Waals surface area contributed by atoms with Crippen molar-refractivity contribution in [2.24, 2.45) is 0 Å². The van der Waals surface area contributed by atoms with E-state index in [1.54, 1.807) is 31.5 Å². The van der Waals surface area contributed by atoms with Gasteiger partial charge in [0.25, 0.3) is 5.91 Å². The maximum atomic E-state index is 12.2. The van der Waals surface area contributed by atoms with E-state index in [1.807, 2.05) is 16.8 Å². The topological polar surface area (TPSA) is 56.1 Å². The second kappa shape index (κ2) is 6.36. The van der Waals surface area contributed by atoms with Crippen LogP contribution in [0, 0.1) is 0 Å². The fraction of sp³-hybridized carbons (Fsp3) is 0.231. The van der Waals surface area contributed by atoms with Crippen LogP contribution in [0.15, 0.2) is 36.7 Å². The summed E-state index contributed by atoms with van der Waals surface area (Å²) in [5, 5.41) is 3.00. The lowest BCUT2D eigenvalue weighted by Gasteiger charge is -2.09. The van der Waals surface area contributed by atoms with Crippen molar-refractivity contribution < 1.29 is 9.53 Å². The Morgan fingerprint density at radius 3 is 3.05 bits per heavy atom. The van der Waals surface area contributed by atoms with Crippen molar-refractivity contribution in [2.45, 2.75) is 6.54 Å². The zero-order chi connectivity index (χ0) is 13.7. The van der Waals surface area contributed by atoms with E-state index in [-0.39, 0.29) is 11.1 Å². The van der Waals surface area contributed by atoms with Crippen LogP contribution in [0.25, 0.3) is 0 Å². The molecule has 19 heavy (non-hydrogen) atoms. The largest absolute Gasteiger partial charge is 0.383 e. The quantitative estimate of drug-likeness (QED) is 0.855. The second-order valence-electron chi connectivity index (χ2n) is 3.88. The number of ether oxygens (including phenoxy) is 1. The number of carbonyl (C=O) groups is 1. The summed E-state index contributed by atoms with van der Waals surface area (Å²) in [7, 11) is 1.62. The fourth-order valence-corrected chi connectivity index (χ4v) is 1.84. The minimum atomic E-state index is -0.226. The summed E-state index contributed by atoms with van der Waals surface area (Å²) >= 11 is 5.90. The molecule has 0 aliphatic carbocycles. The molecule has 0 saturated heterocycles. The molecule has 6 heteroatoms. The van der Waals surface area contributed by atoms with Crippen molar-refractivity contribution in [1.82, 2.24) is 9.55 Å². The number of carbonyl (C=O) groups excluding carboxylic acids is 1. The molecule has 100 valence electrons. The van der Waals surface area contributed by atoms with Gasteiger partial charge in [-0.25, -0.2) is 4.98 Å². The van der Waals surface area contributed by atoms with Gasteiger partial charge in [-0.3, -0.25) is 4.79 Å². The molecule has 2 aromatic heterocycles. The van der Waals surface area contributed by atoms with E-state index in [0.717, 1.165) is 0 Å². The molecule has 0 aliphatic heterocycles. The Morgan fingerprint density at radius 2 is 2.32 bits per heavy atom. The van der Waals surface area contributed by atoms with Crippen molar-refractivity contribution >= 4 is 23.2 Å². The summed E-state index contributed by atoms with van der Waals surface area (Å²) in [6.07, 6.45) is 3.40. The van der Waals surface area contributed by atoms with Gasteiger partial charge in [0.2, 0.25) is 0 Å². The van der Waals surface area contributed by atoms with Crippen LogP contribution in [-0.2, 0) is 11.3 Å². The first-order valence-corrected chi connectivity index (χ1v) is 6.16. The lowest BCUT2D eigenvalue weighted by atomic mass is 10.3. The molecule has 5 nitrogen and oxygen atoms in total. The standard InChI is InChI=1S/C13H14ClN3O2/c1-19-9-8-17-7-3-5-11(17)13(18)16-10-4-2-6-15-12(10)14/h2-7H,8-9H2,1H3,(H,16,18). The molecule has 0 aliphatic rings. The van der Waals surface area contributed by atoms with Gasteiger partial charge in [-0.05, 0) is 24.3 Å². The van der Waals surface area contributed by atoms with Crippen LogP contribution >= 0.6 is 11.6 Å². The van der Waals surface area contributed by atoms with Gasteiger partial charge in [0.1, 0.15) is 5.69 Å². The summed E-state index contributed by atoms with van der Waals surface area (Å²) < 4.78 is 6.83. The van der Waals surface area contributed by atoms with Gasteiger partial charge in [0, 0.05) is 26.0 Å². The zero-order valence-corrected chi connectivity index (χ0v) is 11.2. The Labute approximate surface area is 116 Å². The van der Waals surface area contributed by atoms with Gasteiger partial charge < -0.3 is 14.6 Å². The number of pyridine rings is 1. The number of hydrogen-bond donors (Lipinski definition) is 1. The van der Waals surface area contributed by atoms with Gasteiger partial charge in [0.05, 0.1) is 12.3 Å². The summed E-state index contributed by atoms with van der Waals surface area (Å²) in [5.41, 5.74) is 1.05. The zero-order valence-electron chi connectivity index (χ0n) is 10.5. The fourth-order valence-electron chi connectivity index (χ4n) is 1.67. The molecule has 0 radical (unpaired) electrons. The van der Waals surface area contributed by atoms with Crippen molar-refractivity contribution in [3.05, 3.63) is 47.5 Å². The van der Waals surface area contributed by atoms with Crippen LogP contribution < -0.4 is 5.32 Å². The van der Waals surface area contributed by atoms with E-state index in [1.165, 1.54) is 0 Å². The molecule has 0 saturated carbocycles. The second-order valence-corrected chi connectivity index (χ2v) is 4.23. The third kappa shape index (κ3) is 3.33. The predicted molar refractivity (Wildman–Crippen MR) is 73.5 cm³/mol. The Morgan fingerprint density at radius 1 is 1.47 bits per heavy atom. The highest BCUT2D eigenvalue weighted by atomic mass is 35.5. The van der Waals surface area contributed by atoms with Crippen LogP contribution in [-0.4, -0.2) is 29.2 Å². The molecule has 2 rings (SSSR count). The molecule has 0 atom stereocenters. The molecule has 2 heterocycles. The maximum absolute atomic E-state index is 12.2. The van der Waals surface area contributed by atoms with Gasteiger partial charge in [-0.2, -0.15) is 0 Å². The normalized spacial score (nSPS) is 10.4. The van der Waals surface area contributed by atoms with Crippen LogP contribution in [0.4, 0.5) is 5.69 Å². The van der Waals surface area contributed by atoms with E-state index in [0.29, 0.717) is 24.5 Å². The molecule has 0 fully saturated rings. The Hall–Kier alpha value is -1.85. The summed E-state index contributed by atoms with van der Waals surface area (Å²) in [6, 6.07) is 6.98. The van der Waals surface area contributed by atoms with Gasteiger partial charge in [0.15, 0.2) is 5.15 Å². The van der Waals surface area contributed by atoms with Crippen LogP contribution in [0.1, 0.15) is 10.5 Å². The van der Waals surface area contributed by atoms with E-state index in [9.17, 15) is 4.79 Å². The van der Waals surface area contributed by atoms with E-state index in [2.05, 4.69) is 10.3 Å². The third-order valence-electron chi connectivity index (χ3n) is 2.61. The number of hydrogen-bond acceptors (Lipinski definition) is 3. The Kier molecular flexibility index (Phi) is 4.54. The highest BCUT2D eigenvalue weighted by Crippen LogP contribution is 2.18. The lowest BCUT2D eigenvalue weighted by Crippen LogP contribution is -2.18. The monoisotopic (exact) mass is 279 g/mol. The van der Waals surface area contributed by atoms with Crippen molar-refractivity contribution in [3.8, 4) is 0 Å². The van der Waals surface area contributed by atoms with Crippen molar-refractivity contribution in [3.63, 3.8) is 0 Å². The number of nitrogens with one attached hydrogen (secondary N) is 1. The number of rotatable bonds is 5. The highest BCUT2D eigenvalue weighted by molar-refractivity contribution is 6.32. The molecule has 2 aromatic rings.